The molecule has 21 heavy (non-hydrogen) atoms. The largest absolute Gasteiger partial charge is 0.442 e. The Morgan fingerprint density at radius 3 is 2.62 bits per heavy atom. The summed E-state index contributed by atoms with van der Waals surface area (Å²) in [5.41, 5.74) is 0.518. The minimum Gasteiger partial charge on any atom is -0.442 e. The molecule has 2 heterocycles. The van der Waals surface area contributed by atoms with Crippen molar-refractivity contribution in [1.82, 2.24) is 10.6 Å². The van der Waals surface area contributed by atoms with E-state index in [2.05, 4.69) is 10.6 Å². The molecule has 0 spiro atoms. The summed E-state index contributed by atoms with van der Waals surface area (Å²) in [6, 6.07) is 3.25. The van der Waals surface area contributed by atoms with E-state index in [4.69, 9.17) is 4.74 Å². The van der Waals surface area contributed by atoms with Crippen molar-refractivity contribution in [1.29, 1.82) is 0 Å². The van der Waals surface area contributed by atoms with Gasteiger partial charge in [0.05, 0.1) is 6.04 Å². The van der Waals surface area contributed by atoms with Crippen LogP contribution in [-0.2, 0) is 11.2 Å². The molecule has 0 radical (unpaired) electrons. The maximum Gasteiger partial charge on any atom is 0.407 e. The highest BCUT2D eigenvalue weighted by molar-refractivity contribution is 5.70. The van der Waals surface area contributed by atoms with Gasteiger partial charge in [-0.25, -0.2) is 13.6 Å². The topological polar surface area (TPSA) is 50.4 Å². The number of amides is 1. The zero-order valence-electron chi connectivity index (χ0n) is 11.6. The summed E-state index contributed by atoms with van der Waals surface area (Å²) < 4.78 is 31.9. The van der Waals surface area contributed by atoms with Gasteiger partial charge in [0.15, 0.2) is 0 Å². The molecule has 2 aliphatic rings. The second kappa shape index (κ2) is 5.97. The number of hydrogen-bond donors (Lipinski definition) is 2. The molecule has 2 aliphatic heterocycles. The zero-order chi connectivity index (χ0) is 14.8. The predicted molar refractivity (Wildman–Crippen MR) is 72.9 cm³/mol. The quantitative estimate of drug-likeness (QED) is 0.898. The lowest BCUT2D eigenvalue weighted by atomic mass is 9.92. The summed E-state index contributed by atoms with van der Waals surface area (Å²) in [7, 11) is 0. The number of carbonyl (C=O) groups is 1. The number of alkyl carbamates (subject to hydrolysis) is 1. The highest BCUT2D eigenvalue weighted by Gasteiger charge is 2.39. The second-order valence-corrected chi connectivity index (χ2v) is 5.66. The van der Waals surface area contributed by atoms with Crippen LogP contribution in [0.4, 0.5) is 13.6 Å². The van der Waals surface area contributed by atoms with Crippen molar-refractivity contribution < 1.29 is 18.3 Å². The zero-order valence-corrected chi connectivity index (χ0v) is 11.6. The molecule has 0 bridgehead atoms. The van der Waals surface area contributed by atoms with Crippen molar-refractivity contribution in [3.63, 3.8) is 0 Å². The van der Waals surface area contributed by atoms with Crippen LogP contribution in [0.3, 0.4) is 0 Å². The third-order valence-electron chi connectivity index (χ3n) is 4.07. The standard InChI is InChI=1S/C15H18F2N2O2/c16-10-5-9(6-11(17)8-10)7-13-14(21-15(20)19-13)12-3-1-2-4-18-12/h5-6,8,12-14,18H,1-4,7H2,(H,19,20)/t12-,13+,14-/m1/s1. The van der Waals surface area contributed by atoms with E-state index < -0.39 is 17.7 Å². The van der Waals surface area contributed by atoms with Crippen molar-refractivity contribution in [2.24, 2.45) is 0 Å². The van der Waals surface area contributed by atoms with Gasteiger partial charge in [-0.2, -0.15) is 0 Å². The fourth-order valence-corrected chi connectivity index (χ4v) is 3.14. The SMILES string of the molecule is O=C1N[C@@H](Cc2cc(F)cc(F)c2)[C@@H]([C@H]2CCCCN2)O1. The van der Waals surface area contributed by atoms with E-state index in [1.54, 1.807) is 0 Å². The molecule has 3 rings (SSSR count). The fraction of sp³-hybridized carbons (Fsp3) is 0.533. The van der Waals surface area contributed by atoms with E-state index in [-0.39, 0.29) is 18.2 Å². The fourth-order valence-electron chi connectivity index (χ4n) is 3.14. The first-order valence-electron chi connectivity index (χ1n) is 7.27. The van der Waals surface area contributed by atoms with Crippen LogP contribution in [0, 0.1) is 11.6 Å². The Balaban J connectivity index is 1.73. The number of cyclic esters (lactones) is 1. The maximum atomic E-state index is 13.3. The van der Waals surface area contributed by atoms with E-state index in [0.717, 1.165) is 31.9 Å². The Kier molecular flexibility index (Phi) is 4.05. The highest BCUT2D eigenvalue weighted by Crippen LogP contribution is 2.22. The lowest BCUT2D eigenvalue weighted by molar-refractivity contribution is 0.0947. The van der Waals surface area contributed by atoms with E-state index >= 15 is 0 Å². The number of nitrogens with one attached hydrogen (secondary N) is 2. The summed E-state index contributed by atoms with van der Waals surface area (Å²) in [6.07, 6.45) is 2.73. The maximum absolute atomic E-state index is 13.3. The van der Waals surface area contributed by atoms with Crippen molar-refractivity contribution >= 4 is 6.09 Å². The molecular formula is C15H18F2N2O2. The van der Waals surface area contributed by atoms with Crippen molar-refractivity contribution in [2.45, 2.75) is 43.9 Å². The Morgan fingerprint density at radius 1 is 1.19 bits per heavy atom. The molecule has 1 aromatic carbocycles. The van der Waals surface area contributed by atoms with E-state index in [9.17, 15) is 13.6 Å². The van der Waals surface area contributed by atoms with Gasteiger partial charge in [-0.05, 0) is 43.5 Å². The van der Waals surface area contributed by atoms with Gasteiger partial charge in [0.1, 0.15) is 17.7 Å². The summed E-state index contributed by atoms with van der Waals surface area (Å²) in [4.78, 5) is 11.5. The van der Waals surface area contributed by atoms with Gasteiger partial charge < -0.3 is 15.4 Å². The lowest BCUT2D eigenvalue weighted by Crippen LogP contribution is -2.49. The number of rotatable bonds is 3. The molecule has 0 aliphatic carbocycles. The van der Waals surface area contributed by atoms with Crippen LogP contribution in [0.15, 0.2) is 18.2 Å². The van der Waals surface area contributed by atoms with Gasteiger partial charge in [0.2, 0.25) is 0 Å². The molecule has 2 fully saturated rings. The highest BCUT2D eigenvalue weighted by atomic mass is 19.1. The first-order chi connectivity index (χ1) is 10.1. The summed E-state index contributed by atoms with van der Waals surface area (Å²) in [6.45, 7) is 0.903. The number of halogens is 2. The van der Waals surface area contributed by atoms with E-state index in [0.29, 0.717) is 12.0 Å². The van der Waals surface area contributed by atoms with Gasteiger partial charge >= 0.3 is 6.09 Å². The molecule has 0 unspecified atom stereocenters. The van der Waals surface area contributed by atoms with Gasteiger partial charge in [-0.3, -0.25) is 0 Å². The Labute approximate surface area is 121 Å². The third-order valence-corrected chi connectivity index (χ3v) is 4.07. The summed E-state index contributed by atoms with van der Waals surface area (Å²) in [5, 5.41) is 6.10. The normalized spacial score (nSPS) is 29.0. The molecule has 6 heteroatoms. The van der Waals surface area contributed by atoms with Crippen molar-refractivity contribution in [3.05, 3.63) is 35.4 Å². The molecule has 4 nitrogen and oxygen atoms in total. The molecule has 1 amide bonds. The first-order valence-corrected chi connectivity index (χ1v) is 7.27. The van der Waals surface area contributed by atoms with Gasteiger partial charge in [-0.15, -0.1) is 0 Å². The molecule has 3 atom stereocenters. The smallest absolute Gasteiger partial charge is 0.407 e. The van der Waals surface area contributed by atoms with Crippen LogP contribution < -0.4 is 10.6 Å². The van der Waals surface area contributed by atoms with Crippen LogP contribution >= 0.6 is 0 Å². The number of piperidine rings is 1. The molecule has 1 aromatic rings. The van der Waals surface area contributed by atoms with Crippen LogP contribution in [0.1, 0.15) is 24.8 Å². The van der Waals surface area contributed by atoms with Gasteiger partial charge in [0, 0.05) is 12.1 Å². The average Bonchev–Trinajstić information content (AvgIpc) is 2.79. The molecule has 0 aromatic heterocycles. The van der Waals surface area contributed by atoms with Gasteiger partial charge in [-0.1, -0.05) is 6.42 Å². The molecule has 2 N–H and O–H groups in total. The molecular weight excluding hydrogens is 278 g/mol. The summed E-state index contributed by atoms with van der Waals surface area (Å²) >= 11 is 0. The van der Waals surface area contributed by atoms with E-state index in [1.807, 2.05) is 0 Å². The average molecular weight is 296 g/mol. The number of benzene rings is 1. The van der Waals surface area contributed by atoms with Crippen molar-refractivity contribution in [2.75, 3.05) is 6.54 Å². The molecule has 2 saturated heterocycles. The molecule has 0 saturated carbocycles. The van der Waals surface area contributed by atoms with Crippen LogP contribution in [0.2, 0.25) is 0 Å². The third kappa shape index (κ3) is 3.32. The first kappa shape index (κ1) is 14.3. The van der Waals surface area contributed by atoms with Crippen LogP contribution in [-0.4, -0.2) is 30.8 Å². The number of ether oxygens (including phenoxy) is 1. The summed E-state index contributed by atoms with van der Waals surface area (Å²) in [5.74, 6) is -1.22. The lowest BCUT2D eigenvalue weighted by Gasteiger charge is -2.30. The Hall–Kier alpha value is -1.69. The predicted octanol–water partition coefficient (Wildman–Crippen LogP) is 2.13. The van der Waals surface area contributed by atoms with Crippen LogP contribution in [0.5, 0.6) is 0 Å². The number of carbonyl (C=O) groups excluding carboxylic acids is 1. The Bertz CT molecular complexity index is 512. The van der Waals surface area contributed by atoms with E-state index in [1.165, 1.54) is 12.1 Å². The monoisotopic (exact) mass is 296 g/mol. The molecule has 114 valence electrons. The second-order valence-electron chi connectivity index (χ2n) is 5.66. The minimum atomic E-state index is -0.609. The Morgan fingerprint density at radius 2 is 1.95 bits per heavy atom. The number of hydrogen-bond acceptors (Lipinski definition) is 3. The minimum absolute atomic E-state index is 0.0982. The van der Waals surface area contributed by atoms with Crippen LogP contribution in [0.25, 0.3) is 0 Å². The van der Waals surface area contributed by atoms with Gasteiger partial charge in [0.25, 0.3) is 0 Å². The van der Waals surface area contributed by atoms with Crippen molar-refractivity contribution in [3.8, 4) is 0 Å².